The van der Waals surface area contributed by atoms with Crippen LogP contribution >= 0.6 is 0 Å². The smallest absolute Gasteiger partial charge is 0.227 e. The molecule has 2 aromatic carbocycles. The van der Waals surface area contributed by atoms with Crippen molar-refractivity contribution >= 4 is 33.9 Å². The van der Waals surface area contributed by atoms with Gasteiger partial charge in [0, 0.05) is 43.4 Å². The fourth-order valence-corrected chi connectivity index (χ4v) is 4.56. The van der Waals surface area contributed by atoms with Crippen molar-refractivity contribution in [3.8, 4) is 28.8 Å². The number of hydrogen-bond acceptors (Lipinski definition) is 9. The van der Waals surface area contributed by atoms with Crippen LogP contribution in [0.5, 0.6) is 11.5 Å². The molecule has 0 atom stereocenters. The van der Waals surface area contributed by atoms with E-state index in [2.05, 4.69) is 30.7 Å². The number of ether oxygens (including phenoxy) is 2. The Hall–Kier alpha value is -4.49. The number of likely N-dealkylation sites (N-methyl/N-ethyl adjacent to an activating group) is 2. The number of nitrogens with zero attached hydrogens (tertiary/aromatic N) is 6. The van der Waals surface area contributed by atoms with Gasteiger partial charge in [0.2, 0.25) is 5.95 Å². The zero-order valence-corrected chi connectivity index (χ0v) is 21.4. The number of aromatic nitrogens is 3. The van der Waals surface area contributed by atoms with E-state index < -0.39 is 0 Å². The number of anilines is 4. The Morgan fingerprint density at radius 3 is 2.84 bits per heavy atom. The highest BCUT2D eigenvalue weighted by Crippen LogP contribution is 2.39. The molecule has 37 heavy (non-hydrogen) atoms. The Bertz CT molecular complexity index is 1500. The van der Waals surface area contributed by atoms with Crippen molar-refractivity contribution < 1.29 is 9.47 Å². The Morgan fingerprint density at radius 2 is 2.08 bits per heavy atom. The van der Waals surface area contributed by atoms with Crippen LogP contribution in [0.3, 0.4) is 0 Å². The summed E-state index contributed by atoms with van der Waals surface area (Å²) in [5.41, 5.74) is 11.3. The summed E-state index contributed by atoms with van der Waals surface area (Å²) in [6, 6.07) is 11.9. The molecule has 0 amide bonds. The molecule has 0 saturated carbocycles. The van der Waals surface area contributed by atoms with E-state index in [0.717, 1.165) is 47.5 Å². The van der Waals surface area contributed by atoms with Gasteiger partial charge in [-0.05, 0) is 26.2 Å². The minimum Gasteiger partial charge on any atom is -0.494 e. The lowest BCUT2D eigenvalue weighted by Gasteiger charge is -2.24. The number of rotatable bonds is 8. The molecule has 0 spiro atoms. The fraction of sp³-hybridized carbons (Fsp3) is 0.296. The van der Waals surface area contributed by atoms with Crippen LogP contribution in [-0.4, -0.2) is 67.4 Å². The van der Waals surface area contributed by atoms with Gasteiger partial charge in [0.15, 0.2) is 0 Å². The van der Waals surface area contributed by atoms with Crippen LogP contribution < -0.4 is 25.4 Å². The molecule has 1 aliphatic rings. The number of nitrogen functional groups attached to an aromatic ring is 1. The molecule has 3 N–H and O–H groups in total. The molecule has 0 saturated heterocycles. The van der Waals surface area contributed by atoms with Crippen molar-refractivity contribution in [2.24, 2.45) is 0 Å². The normalized spacial score (nSPS) is 12.3. The zero-order chi connectivity index (χ0) is 26.1. The van der Waals surface area contributed by atoms with Crippen molar-refractivity contribution in [2.75, 3.05) is 63.9 Å². The van der Waals surface area contributed by atoms with Gasteiger partial charge in [0.1, 0.15) is 24.2 Å². The van der Waals surface area contributed by atoms with Crippen molar-refractivity contribution in [3.63, 3.8) is 0 Å². The third-order valence-electron chi connectivity index (χ3n) is 6.50. The van der Waals surface area contributed by atoms with Crippen LogP contribution in [-0.2, 0) is 6.54 Å². The van der Waals surface area contributed by atoms with Gasteiger partial charge in [-0.3, -0.25) is 0 Å². The molecule has 3 heterocycles. The first kappa shape index (κ1) is 24.2. The minimum absolute atomic E-state index is 0.337. The highest BCUT2D eigenvalue weighted by molar-refractivity contribution is 5.99. The summed E-state index contributed by atoms with van der Waals surface area (Å²) in [7, 11) is 7.69. The van der Waals surface area contributed by atoms with Crippen molar-refractivity contribution in [1.29, 1.82) is 5.26 Å². The minimum atomic E-state index is 0.337. The van der Waals surface area contributed by atoms with Crippen LogP contribution in [0.1, 0.15) is 5.56 Å². The molecule has 1 aliphatic heterocycles. The maximum Gasteiger partial charge on any atom is 0.227 e. The summed E-state index contributed by atoms with van der Waals surface area (Å²) < 4.78 is 13.6. The van der Waals surface area contributed by atoms with Crippen LogP contribution in [0.4, 0.5) is 23.0 Å². The number of nitriles is 1. The first-order chi connectivity index (χ1) is 17.9. The van der Waals surface area contributed by atoms with Crippen molar-refractivity contribution in [3.05, 3.63) is 48.3 Å². The molecular formula is C27H30N8O2. The van der Waals surface area contributed by atoms with Gasteiger partial charge in [0.05, 0.1) is 53.7 Å². The summed E-state index contributed by atoms with van der Waals surface area (Å²) in [6.45, 7) is 3.04. The average molecular weight is 499 g/mol. The topological polar surface area (TPSA) is 117 Å². The highest BCUT2D eigenvalue weighted by atomic mass is 16.5. The van der Waals surface area contributed by atoms with Crippen LogP contribution in [0.25, 0.3) is 22.2 Å². The van der Waals surface area contributed by atoms with Crippen molar-refractivity contribution in [2.45, 2.75) is 6.54 Å². The van der Waals surface area contributed by atoms with Gasteiger partial charge in [-0.2, -0.15) is 5.26 Å². The van der Waals surface area contributed by atoms with Gasteiger partial charge >= 0.3 is 0 Å². The zero-order valence-electron chi connectivity index (χ0n) is 21.4. The lowest BCUT2D eigenvalue weighted by molar-refractivity contribution is 0.287. The third kappa shape index (κ3) is 4.57. The van der Waals surface area contributed by atoms with Gasteiger partial charge in [-0.25, -0.2) is 9.97 Å². The molecule has 0 fully saturated rings. The Labute approximate surface area is 215 Å². The maximum absolute atomic E-state index is 9.82. The van der Waals surface area contributed by atoms with Gasteiger partial charge in [0.25, 0.3) is 0 Å². The molecule has 4 aromatic rings. The maximum atomic E-state index is 9.82. The second-order valence-electron chi connectivity index (χ2n) is 9.27. The molecule has 0 unspecified atom stereocenters. The molecule has 0 aliphatic carbocycles. The molecule has 190 valence electrons. The van der Waals surface area contributed by atoms with Crippen LogP contribution in [0, 0.1) is 11.3 Å². The fourth-order valence-electron chi connectivity index (χ4n) is 4.56. The second-order valence-corrected chi connectivity index (χ2v) is 9.27. The van der Waals surface area contributed by atoms with E-state index in [1.54, 1.807) is 7.11 Å². The summed E-state index contributed by atoms with van der Waals surface area (Å²) in [5, 5.41) is 14.0. The van der Waals surface area contributed by atoms with E-state index in [-0.39, 0.29) is 0 Å². The summed E-state index contributed by atoms with van der Waals surface area (Å²) >= 11 is 0. The molecular weight excluding hydrogens is 468 g/mol. The van der Waals surface area contributed by atoms with Gasteiger partial charge in [-0.1, -0.05) is 12.1 Å². The molecule has 0 bridgehead atoms. The molecule has 10 heteroatoms. The second kappa shape index (κ2) is 9.87. The number of nitrogens with two attached hydrogens (primary N) is 1. The molecule has 5 rings (SSSR count). The first-order valence-electron chi connectivity index (χ1n) is 12.0. The SMILES string of the molecule is COc1cc(N(C)CCN(C)C)c(N)cc1Nc1ncc(C#N)c(-c2cn3c4c(cccc24)OCC3)n1. The average Bonchev–Trinajstić information content (AvgIpc) is 3.28. The molecule has 2 aromatic heterocycles. The Morgan fingerprint density at radius 1 is 1.24 bits per heavy atom. The predicted octanol–water partition coefficient (Wildman–Crippen LogP) is 3.69. The van der Waals surface area contributed by atoms with E-state index in [9.17, 15) is 5.26 Å². The summed E-state index contributed by atoms with van der Waals surface area (Å²) in [6.07, 6.45) is 3.56. The largest absolute Gasteiger partial charge is 0.494 e. The van der Waals surface area contributed by atoms with E-state index in [0.29, 0.717) is 40.9 Å². The predicted molar refractivity (Wildman–Crippen MR) is 146 cm³/mol. The summed E-state index contributed by atoms with van der Waals surface area (Å²) in [4.78, 5) is 13.4. The van der Waals surface area contributed by atoms with Gasteiger partial charge in [-0.15, -0.1) is 0 Å². The number of para-hydroxylation sites is 1. The Kier molecular flexibility index (Phi) is 6.46. The lowest BCUT2D eigenvalue weighted by Crippen LogP contribution is -2.29. The van der Waals surface area contributed by atoms with Gasteiger partial charge < -0.3 is 34.9 Å². The third-order valence-corrected chi connectivity index (χ3v) is 6.50. The first-order valence-corrected chi connectivity index (χ1v) is 12.0. The molecule has 0 radical (unpaired) electrons. The monoisotopic (exact) mass is 498 g/mol. The van der Waals surface area contributed by atoms with E-state index >= 15 is 0 Å². The van der Waals surface area contributed by atoms with E-state index in [1.165, 1.54) is 6.20 Å². The van der Waals surface area contributed by atoms with Crippen LogP contribution in [0.2, 0.25) is 0 Å². The number of benzene rings is 2. The quantitative estimate of drug-likeness (QED) is 0.351. The number of nitrogens with one attached hydrogen (secondary N) is 1. The van der Waals surface area contributed by atoms with Crippen LogP contribution in [0.15, 0.2) is 42.7 Å². The number of methoxy groups -OCH3 is 1. The highest BCUT2D eigenvalue weighted by Gasteiger charge is 2.21. The Balaban J connectivity index is 1.51. The summed E-state index contributed by atoms with van der Waals surface area (Å²) in [5.74, 6) is 1.78. The molecule has 10 nitrogen and oxygen atoms in total. The van der Waals surface area contributed by atoms with Crippen molar-refractivity contribution in [1.82, 2.24) is 19.4 Å². The number of hydrogen-bond donors (Lipinski definition) is 2. The van der Waals surface area contributed by atoms with E-state index in [1.807, 2.05) is 57.7 Å². The standard InChI is InChI=1S/C27H30N8O2/c1-33(2)8-9-34(3)22-13-24(36-4)21(12-20(22)29)31-27-30-15-17(14-28)25(32-27)19-16-35-10-11-37-23-7-5-6-18(19)26(23)35/h5-7,12-13,15-16H,8-11,29H2,1-4H3,(H,30,31,32). The van der Waals surface area contributed by atoms with E-state index in [4.69, 9.17) is 20.2 Å². The lowest BCUT2D eigenvalue weighted by atomic mass is 10.1.